The molecular formula is C20H23N5O2. The third-order valence-corrected chi connectivity index (χ3v) is 4.94. The predicted molar refractivity (Wildman–Crippen MR) is 102 cm³/mol. The molecule has 3 aromatic rings. The quantitative estimate of drug-likeness (QED) is 0.772. The van der Waals surface area contributed by atoms with Crippen molar-refractivity contribution in [2.75, 3.05) is 13.7 Å². The van der Waals surface area contributed by atoms with E-state index in [1.165, 1.54) is 0 Å². The summed E-state index contributed by atoms with van der Waals surface area (Å²) in [7, 11) is 3.53. The smallest absolute Gasteiger partial charge is 0.243 e. The van der Waals surface area contributed by atoms with Crippen LogP contribution in [0.15, 0.2) is 42.9 Å². The van der Waals surface area contributed by atoms with Gasteiger partial charge >= 0.3 is 0 Å². The number of ether oxygens (including phenoxy) is 1. The molecule has 2 aromatic heterocycles. The highest BCUT2D eigenvalue weighted by molar-refractivity contribution is 5.83. The summed E-state index contributed by atoms with van der Waals surface area (Å²) in [6.45, 7) is 0.728. The van der Waals surface area contributed by atoms with Gasteiger partial charge in [0.2, 0.25) is 5.91 Å². The van der Waals surface area contributed by atoms with Crippen LogP contribution in [0.3, 0.4) is 0 Å². The first-order valence-corrected chi connectivity index (χ1v) is 9.16. The van der Waals surface area contributed by atoms with E-state index < -0.39 is 0 Å². The number of aromatic nitrogens is 4. The van der Waals surface area contributed by atoms with E-state index in [2.05, 4.69) is 15.4 Å². The van der Waals surface area contributed by atoms with Crippen LogP contribution in [0.4, 0.5) is 0 Å². The second kappa shape index (κ2) is 7.26. The van der Waals surface area contributed by atoms with Crippen molar-refractivity contribution < 1.29 is 9.53 Å². The van der Waals surface area contributed by atoms with Gasteiger partial charge in [0.05, 0.1) is 24.8 Å². The Labute approximate surface area is 158 Å². The minimum absolute atomic E-state index is 0.0410. The van der Waals surface area contributed by atoms with Crippen molar-refractivity contribution in [2.45, 2.75) is 25.3 Å². The van der Waals surface area contributed by atoms with Crippen molar-refractivity contribution in [3.63, 3.8) is 0 Å². The number of nitrogens with zero attached hydrogens (tertiary/aromatic N) is 4. The number of nitrogens with one attached hydrogen (secondary N) is 1. The molecule has 0 aliphatic carbocycles. The first-order chi connectivity index (χ1) is 13.2. The normalized spacial score (nSPS) is 17.4. The van der Waals surface area contributed by atoms with Crippen molar-refractivity contribution >= 4 is 5.91 Å². The summed E-state index contributed by atoms with van der Waals surface area (Å²) in [6, 6.07) is 9.46. The van der Waals surface area contributed by atoms with Gasteiger partial charge in [-0.15, -0.1) is 0 Å². The first-order valence-electron chi connectivity index (χ1n) is 9.16. The van der Waals surface area contributed by atoms with E-state index in [-0.39, 0.29) is 11.9 Å². The Balaban J connectivity index is 1.87. The number of methoxy groups -OCH3 is 1. The number of amides is 1. The maximum absolute atomic E-state index is 12.6. The topological polar surface area (TPSA) is 74.0 Å². The summed E-state index contributed by atoms with van der Waals surface area (Å²) in [5.41, 5.74) is 3.38. The molecule has 3 heterocycles. The molecule has 0 radical (unpaired) electrons. The van der Waals surface area contributed by atoms with Gasteiger partial charge in [-0.05, 0) is 37.5 Å². The van der Waals surface area contributed by atoms with Crippen LogP contribution >= 0.6 is 0 Å². The average Bonchev–Trinajstić information content (AvgIpc) is 3.24. The molecule has 0 bridgehead atoms. The second-order valence-corrected chi connectivity index (χ2v) is 6.76. The maximum Gasteiger partial charge on any atom is 0.243 e. The van der Waals surface area contributed by atoms with Crippen LogP contribution in [0.5, 0.6) is 5.75 Å². The van der Waals surface area contributed by atoms with Gasteiger partial charge in [0.25, 0.3) is 0 Å². The highest BCUT2D eigenvalue weighted by Gasteiger charge is 2.28. The zero-order chi connectivity index (χ0) is 18.8. The molecule has 1 aromatic carbocycles. The second-order valence-electron chi connectivity index (χ2n) is 6.76. The zero-order valence-electron chi connectivity index (χ0n) is 15.6. The molecule has 0 unspecified atom stereocenters. The van der Waals surface area contributed by atoms with Gasteiger partial charge in [-0.2, -0.15) is 5.10 Å². The van der Waals surface area contributed by atoms with Gasteiger partial charge in [0.15, 0.2) is 0 Å². The van der Waals surface area contributed by atoms with E-state index in [0.29, 0.717) is 0 Å². The standard InChI is InChI=1S/C20H23N5O2/c1-24-11-9-16(23-24)19-18(14-6-5-7-15(12-14)27-2)22-13-25(19)17-8-3-4-10-21-20(17)26/h5-7,9,11-13,17H,3-4,8,10H2,1-2H3,(H,21,26)/t17-/m1/s1. The molecule has 1 atom stereocenters. The number of hydrogen-bond donors (Lipinski definition) is 1. The first kappa shape index (κ1) is 17.3. The lowest BCUT2D eigenvalue weighted by Gasteiger charge is -2.18. The van der Waals surface area contributed by atoms with Crippen LogP contribution in [0, 0.1) is 0 Å². The summed E-state index contributed by atoms with van der Waals surface area (Å²) >= 11 is 0. The Hall–Kier alpha value is -3.09. The molecule has 7 nitrogen and oxygen atoms in total. The fourth-order valence-corrected chi connectivity index (χ4v) is 3.56. The van der Waals surface area contributed by atoms with Gasteiger partial charge in [0, 0.05) is 25.4 Å². The maximum atomic E-state index is 12.6. The fourth-order valence-electron chi connectivity index (χ4n) is 3.56. The van der Waals surface area contributed by atoms with Crippen molar-refractivity contribution in [3.05, 3.63) is 42.9 Å². The SMILES string of the molecule is COc1cccc(-c2ncn([C@@H]3CCCCNC3=O)c2-c2ccn(C)n2)c1. The molecule has 1 aliphatic heterocycles. The van der Waals surface area contributed by atoms with Gasteiger partial charge in [0.1, 0.15) is 17.5 Å². The largest absolute Gasteiger partial charge is 0.497 e. The van der Waals surface area contributed by atoms with Crippen molar-refractivity contribution in [3.8, 4) is 28.4 Å². The van der Waals surface area contributed by atoms with Crippen LogP contribution in [0.1, 0.15) is 25.3 Å². The van der Waals surface area contributed by atoms with Crippen molar-refractivity contribution in [1.29, 1.82) is 0 Å². The summed E-state index contributed by atoms with van der Waals surface area (Å²) in [4.78, 5) is 17.3. The molecule has 1 N–H and O–H groups in total. The van der Waals surface area contributed by atoms with Crippen LogP contribution in [0.2, 0.25) is 0 Å². The van der Waals surface area contributed by atoms with Crippen LogP contribution in [-0.4, -0.2) is 38.9 Å². The molecule has 0 saturated carbocycles. The lowest BCUT2D eigenvalue weighted by atomic mass is 10.1. The van der Waals surface area contributed by atoms with Gasteiger partial charge < -0.3 is 14.6 Å². The molecule has 1 aliphatic rings. The monoisotopic (exact) mass is 365 g/mol. The van der Waals surface area contributed by atoms with Crippen LogP contribution < -0.4 is 10.1 Å². The van der Waals surface area contributed by atoms with Crippen molar-refractivity contribution in [2.24, 2.45) is 7.05 Å². The molecule has 7 heteroatoms. The van der Waals surface area contributed by atoms with Crippen molar-refractivity contribution in [1.82, 2.24) is 24.6 Å². The van der Waals surface area contributed by atoms with Crippen LogP contribution in [0.25, 0.3) is 22.6 Å². The number of benzene rings is 1. The van der Waals surface area contributed by atoms with E-state index in [1.807, 2.05) is 48.1 Å². The summed E-state index contributed by atoms with van der Waals surface area (Å²) in [6.07, 6.45) is 6.44. The molecule has 1 saturated heterocycles. The van der Waals surface area contributed by atoms with E-state index in [0.717, 1.165) is 54.2 Å². The highest BCUT2D eigenvalue weighted by atomic mass is 16.5. The predicted octanol–water partition coefficient (Wildman–Crippen LogP) is 2.80. The summed E-state index contributed by atoms with van der Waals surface area (Å²) in [5.74, 6) is 0.806. The van der Waals surface area contributed by atoms with Crippen LogP contribution in [-0.2, 0) is 11.8 Å². The number of aryl methyl sites for hydroxylation is 1. The number of carbonyl (C=O) groups is 1. The Morgan fingerprint density at radius 2 is 2.15 bits per heavy atom. The molecule has 27 heavy (non-hydrogen) atoms. The average molecular weight is 365 g/mol. The van der Waals surface area contributed by atoms with Gasteiger partial charge in [-0.1, -0.05) is 12.1 Å². The third-order valence-electron chi connectivity index (χ3n) is 4.94. The molecule has 1 fully saturated rings. The minimum atomic E-state index is -0.281. The zero-order valence-corrected chi connectivity index (χ0v) is 15.6. The number of imidazole rings is 1. The van der Waals surface area contributed by atoms with Gasteiger partial charge in [-0.3, -0.25) is 9.48 Å². The lowest BCUT2D eigenvalue weighted by molar-refractivity contribution is -0.124. The van der Waals surface area contributed by atoms with Gasteiger partial charge in [-0.25, -0.2) is 4.98 Å². The number of rotatable bonds is 4. The Morgan fingerprint density at radius 1 is 1.26 bits per heavy atom. The minimum Gasteiger partial charge on any atom is -0.497 e. The Kier molecular flexibility index (Phi) is 4.66. The van der Waals surface area contributed by atoms with E-state index in [4.69, 9.17) is 4.74 Å². The molecule has 0 spiro atoms. The highest BCUT2D eigenvalue weighted by Crippen LogP contribution is 2.35. The fraction of sp³-hybridized carbons (Fsp3) is 0.350. The van der Waals surface area contributed by atoms with E-state index in [9.17, 15) is 4.79 Å². The molecule has 1 amide bonds. The third kappa shape index (κ3) is 3.32. The van der Waals surface area contributed by atoms with E-state index >= 15 is 0 Å². The number of hydrogen-bond acceptors (Lipinski definition) is 4. The summed E-state index contributed by atoms with van der Waals surface area (Å²) < 4.78 is 9.09. The Morgan fingerprint density at radius 3 is 2.93 bits per heavy atom. The molecule has 4 rings (SSSR count). The lowest BCUT2D eigenvalue weighted by Crippen LogP contribution is -2.30. The van der Waals surface area contributed by atoms with E-state index in [1.54, 1.807) is 18.1 Å². The Bertz CT molecular complexity index is 959. The number of carbonyl (C=O) groups excluding carboxylic acids is 1. The summed E-state index contributed by atoms with van der Waals surface area (Å²) in [5, 5.41) is 7.59. The molecular weight excluding hydrogens is 342 g/mol. The molecule has 140 valence electrons.